The molecule has 2 aliphatic heterocycles. The molecule has 5 rings (SSSR count). The molecule has 2 aliphatic rings. The van der Waals surface area contributed by atoms with Crippen LogP contribution in [-0.2, 0) is 16.8 Å². The molecular weight excluding hydrogens is 450 g/mol. The van der Waals surface area contributed by atoms with Crippen molar-refractivity contribution in [3.05, 3.63) is 95.6 Å². The van der Waals surface area contributed by atoms with Gasteiger partial charge in [-0.25, -0.2) is 10.0 Å². The number of thioether (sulfide) groups is 1. The van der Waals surface area contributed by atoms with E-state index in [9.17, 15) is 4.79 Å². The zero-order valence-corrected chi connectivity index (χ0v) is 21.6. The molecule has 3 aromatic carbocycles. The van der Waals surface area contributed by atoms with E-state index in [4.69, 9.17) is 0 Å². The Morgan fingerprint density at radius 3 is 2.34 bits per heavy atom. The number of likely N-dealkylation sites (tertiary alicyclic amines) is 1. The van der Waals surface area contributed by atoms with Crippen LogP contribution in [-0.4, -0.2) is 48.8 Å². The summed E-state index contributed by atoms with van der Waals surface area (Å²) in [7, 11) is 2.04. The van der Waals surface area contributed by atoms with Gasteiger partial charge in [0.05, 0.1) is 5.69 Å². The fraction of sp³-hybridized carbons (Fsp3) is 0.367. The van der Waals surface area contributed by atoms with Gasteiger partial charge in [-0.2, -0.15) is 0 Å². The number of hydrogen-bond acceptors (Lipinski definition) is 4. The second-order valence-corrected chi connectivity index (χ2v) is 10.5. The third kappa shape index (κ3) is 4.53. The molecule has 0 unspecified atom stereocenters. The highest BCUT2D eigenvalue weighted by molar-refractivity contribution is 7.98. The molecule has 0 bridgehead atoms. The van der Waals surface area contributed by atoms with Crippen LogP contribution in [0.3, 0.4) is 0 Å². The standard InChI is InChI=1S/C30H35N3OS/c1-31(23-24-13-7-10-18-28(24)35-2)33-27-17-9-8-16-26(27)30(29(33)34,25-14-5-3-6-15-25)19-22-32-20-11-4-12-21-32/h3,5-10,13-18H,4,11-12,19-23H2,1-2H3/t30-/m1/s1. The summed E-state index contributed by atoms with van der Waals surface area (Å²) < 4.78 is 0. The number of piperidine rings is 1. The molecule has 0 saturated carbocycles. The van der Waals surface area contributed by atoms with Gasteiger partial charge in [0.25, 0.3) is 5.91 Å². The summed E-state index contributed by atoms with van der Waals surface area (Å²) in [6.45, 7) is 3.88. The predicted molar refractivity (Wildman–Crippen MR) is 146 cm³/mol. The minimum Gasteiger partial charge on any atom is -0.303 e. The number of fused-ring (bicyclic) bond motifs is 1. The van der Waals surface area contributed by atoms with Gasteiger partial charge in [0.2, 0.25) is 0 Å². The maximum atomic E-state index is 14.6. The number of carbonyl (C=O) groups is 1. The van der Waals surface area contributed by atoms with Gasteiger partial charge in [0, 0.05) is 18.5 Å². The fourth-order valence-corrected chi connectivity index (χ4v) is 6.42. The third-order valence-corrected chi connectivity index (χ3v) is 8.44. The zero-order chi connectivity index (χ0) is 24.3. The second-order valence-electron chi connectivity index (χ2n) is 9.69. The van der Waals surface area contributed by atoms with Crippen molar-refractivity contribution in [3.8, 4) is 0 Å². The number of anilines is 1. The van der Waals surface area contributed by atoms with Gasteiger partial charge in [-0.05, 0) is 74.0 Å². The van der Waals surface area contributed by atoms with Gasteiger partial charge in [-0.1, -0.05) is 73.2 Å². The molecular formula is C30H35N3OS. The number of nitrogens with zero attached hydrogens (tertiary/aromatic N) is 3. The smallest absolute Gasteiger partial charge is 0.256 e. The van der Waals surface area contributed by atoms with Crippen LogP contribution in [0.5, 0.6) is 0 Å². The summed E-state index contributed by atoms with van der Waals surface area (Å²) >= 11 is 1.75. The average Bonchev–Trinajstić information content (AvgIpc) is 3.17. The van der Waals surface area contributed by atoms with Crippen molar-refractivity contribution < 1.29 is 4.79 Å². The first-order valence-corrected chi connectivity index (χ1v) is 13.9. The fourth-order valence-electron chi connectivity index (χ4n) is 5.81. The molecule has 4 nitrogen and oxygen atoms in total. The Hall–Kier alpha value is -2.60. The monoisotopic (exact) mass is 485 g/mol. The van der Waals surface area contributed by atoms with Gasteiger partial charge >= 0.3 is 0 Å². The van der Waals surface area contributed by atoms with Crippen molar-refractivity contribution in [1.29, 1.82) is 0 Å². The lowest BCUT2D eigenvalue weighted by atomic mass is 9.72. The molecule has 0 N–H and O–H groups in total. The SMILES string of the molecule is CSc1ccccc1CN(C)N1C(=O)[C@](CCN2CCCCC2)(c2ccccc2)c2ccccc21. The molecule has 1 atom stereocenters. The Morgan fingerprint density at radius 2 is 1.57 bits per heavy atom. The molecule has 2 heterocycles. The number of hydrogen-bond donors (Lipinski definition) is 0. The summed E-state index contributed by atoms with van der Waals surface area (Å²) in [5.41, 5.74) is 3.78. The second kappa shape index (κ2) is 10.6. The van der Waals surface area contributed by atoms with Crippen LogP contribution in [0.2, 0.25) is 0 Å². The van der Waals surface area contributed by atoms with E-state index < -0.39 is 5.41 Å². The van der Waals surface area contributed by atoms with E-state index in [2.05, 4.69) is 89.0 Å². The van der Waals surface area contributed by atoms with Gasteiger partial charge in [0.1, 0.15) is 5.41 Å². The van der Waals surface area contributed by atoms with Gasteiger partial charge in [0.15, 0.2) is 0 Å². The van der Waals surface area contributed by atoms with Crippen LogP contribution < -0.4 is 5.01 Å². The maximum Gasteiger partial charge on any atom is 0.256 e. The maximum absolute atomic E-state index is 14.6. The van der Waals surface area contributed by atoms with E-state index in [1.807, 2.05) is 18.1 Å². The number of carbonyl (C=O) groups excluding carboxylic acids is 1. The van der Waals surface area contributed by atoms with E-state index in [-0.39, 0.29) is 5.91 Å². The lowest BCUT2D eigenvalue weighted by Gasteiger charge is -2.35. The van der Waals surface area contributed by atoms with Crippen molar-refractivity contribution in [2.45, 2.75) is 42.5 Å². The van der Waals surface area contributed by atoms with Crippen molar-refractivity contribution in [2.75, 3.05) is 37.9 Å². The van der Waals surface area contributed by atoms with E-state index in [0.29, 0.717) is 6.54 Å². The van der Waals surface area contributed by atoms with Crippen molar-refractivity contribution in [3.63, 3.8) is 0 Å². The quantitative estimate of drug-likeness (QED) is 0.368. The minimum absolute atomic E-state index is 0.158. The number of benzene rings is 3. The first-order valence-electron chi connectivity index (χ1n) is 12.7. The Balaban J connectivity index is 1.54. The van der Waals surface area contributed by atoms with E-state index >= 15 is 0 Å². The van der Waals surface area contributed by atoms with E-state index in [1.165, 1.54) is 29.7 Å². The van der Waals surface area contributed by atoms with Crippen LogP contribution in [0.25, 0.3) is 0 Å². The van der Waals surface area contributed by atoms with Crippen LogP contribution in [0.4, 0.5) is 5.69 Å². The molecule has 182 valence electrons. The summed E-state index contributed by atoms with van der Waals surface area (Å²) in [6.07, 6.45) is 6.73. The number of amides is 1. The number of rotatable bonds is 8. The van der Waals surface area contributed by atoms with Crippen LogP contribution in [0.15, 0.2) is 83.8 Å². The molecule has 0 radical (unpaired) electrons. The Labute approximate surface area is 213 Å². The molecule has 5 heteroatoms. The highest BCUT2D eigenvalue weighted by atomic mass is 32.2. The topological polar surface area (TPSA) is 26.8 Å². The lowest BCUT2D eigenvalue weighted by Crippen LogP contribution is -2.49. The van der Waals surface area contributed by atoms with Crippen LogP contribution >= 0.6 is 11.8 Å². The summed E-state index contributed by atoms with van der Waals surface area (Å²) in [4.78, 5) is 18.4. The Bertz CT molecular complexity index is 1160. The predicted octanol–water partition coefficient (Wildman–Crippen LogP) is 5.96. The lowest BCUT2D eigenvalue weighted by molar-refractivity contribution is -0.125. The van der Waals surface area contributed by atoms with Gasteiger partial charge in [-0.15, -0.1) is 11.8 Å². The zero-order valence-electron chi connectivity index (χ0n) is 20.8. The molecule has 1 amide bonds. The molecule has 0 aliphatic carbocycles. The summed E-state index contributed by atoms with van der Waals surface area (Å²) in [6, 6.07) is 27.3. The largest absolute Gasteiger partial charge is 0.303 e. The highest BCUT2D eigenvalue weighted by Crippen LogP contribution is 2.49. The normalized spacial score (nSPS) is 20.4. The molecule has 35 heavy (non-hydrogen) atoms. The number of hydrazine groups is 1. The summed E-state index contributed by atoms with van der Waals surface area (Å²) in [5, 5.41) is 4.04. The molecule has 0 spiro atoms. The summed E-state index contributed by atoms with van der Waals surface area (Å²) in [5.74, 6) is 0.158. The minimum atomic E-state index is -0.678. The Kier molecular flexibility index (Phi) is 7.28. The molecule has 3 aromatic rings. The first-order chi connectivity index (χ1) is 17.1. The van der Waals surface area contributed by atoms with Crippen LogP contribution in [0.1, 0.15) is 42.4 Å². The third-order valence-electron chi connectivity index (χ3n) is 7.60. The van der Waals surface area contributed by atoms with E-state index in [1.54, 1.807) is 11.8 Å². The first kappa shape index (κ1) is 24.1. The molecule has 1 saturated heterocycles. The number of para-hydroxylation sites is 1. The van der Waals surface area contributed by atoms with Crippen molar-refractivity contribution in [1.82, 2.24) is 9.91 Å². The average molecular weight is 486 g/mol. The Morgan fingerprint density at radius 1 is 0.886 bits per heavy atom. The van der Waals surface area contributed by atoms with Crippen molar-refractivity contribution in [2.24, 2.45) is 0 Å². The van der Waals surface area contributed by atoms with Crippen molar-refractivity contribution >= 4 is 23.4 Å². The molecule has 0 aromatic heterocycles. The highest BCUT2D eigenvalue weighted by Gasteiger charge is 2.53. The van der Waals surface area contributed by atoms with E-state index in [0.717, 1.165) is 42.9 Å². The van der Waals surface area contributed by atoms with Gasteiger partial charge in [-0.3, -0.25) is 4.79 Å². The van der Waals surface area contributed by atoms with Crippen LogP contribution in [0, 0.1) is 0 Å². The molecule has 1 fully saturated rings. The van der Waals surface area contributed by atoms with Gasteiger partial charge < -0.3 is 4.90 Å².